The number of aryl methyl sites for hydroxylation is 1. The van der Waals surface area contributed by atoms with Crippen LogP contribution in [-0.4, -0.2) is 18.2 Å². The van der Waals surface area contributed by atoms with Gasteiger partial charge in [-0.05, 0) is 68.5 Å². The van der Waals surface area contributed by atoms with E-state index in [0.717, 1.165) is 35.1 Å². The van der Waals surface area contributed by atoms with Crippen LogP contribution in [0.2, 0.25) is 0 Å². The first-order valence-electron chi connectivity index (χ1n) is 5.78. The third kappa shape index (κ3) is 2.25. The maximum atomic E-state index is 10.1. The molecule has 88 valence electrons. The minimum atomic E-state index is 0.479. The minimum Gasteiger partial charge on any atom is -0.507 e. The van der Waals surface area contributed by atoms with Crippen LogP contribution < -0.4 is 5.32 Å². The van der Waals surface area contributed by atoms with E-state index in [0.29, 0.717) is 11.7 Å². The SMILES string of the molecule is Cc1cc(Br)c(C)c(CC2CCNC2)c1O. The fraction of sp³-hybridized carbons (Fsp3) is 0.538. The first-order valence-corrected chi connectivity index (χ1v) is 6.57. The topological polar surface area (TPSA) is 32.3 Å². The summed E-state index contributed by atoms with van der Waals surface area (Å²) in [4.78, 5) is 0. The van der Waals surface area contributed by atoms with Crippen molar-refractivity contribution in [2.24, 2.45) is 5.92 Å². The zero-order valence-corrected chi connectivity index (χ0v) is 11.4. The van der Waals surface area contributed by atoms with Gasteiger partial charge in [-0.15, -0.1) is 0 Å². The third-order valence-electron chi connectivity index (χ3n) is 3.47. The molecule has 3 heteroatoms. The first kappa shape index (κ1) is 11.9. The largest absolute Gasteiger partial charge is 0.507 e. The number of halogens is 1. The van der Waals surface area contributed by atoms with E-state index in [2.05, 4.69) is 28.2 Å². The molecule has 1 saturated heterocycles. The molecule has 1 atom stereocenters. The van der Waals surface area contributed by atoms with Crippen LogP contribution in [0.4, 0.5) is 0 Å². The maximum Gasteiger partial charge on any atom is 0.122 e. The highest BCUT2D eigenvalue weighted by Crippen LogP contribution is 2.33. The van der Waals surface area contributed by atoms with Crippen molar-refractivity contribution in [2.75, 3.05) is 13.1 Å². The molecule has 0 aromatic heterocycles. The molecule has 0 spiro atoms. The van der Waals surface area contributed by atoms with Crippen molar-refractivity contribution in [2.45, 2.75) is 26.7 Å². The zero-order chi connectivity index (χ0) is 11.7. The number of nitrogens with one attached hydrogen (secondary N) is 1. The average molecular weight is 284 g/mol. The summed E-state index contributed by atoms with van der Waals surface area (Å²) >= 11 is 3.55. The summed E-state index contributed by atoms with van der Waals surface area (Å²) in [5.41, 5.74) is 3.24. The van der Waals surface area contributed by atoms with Gasteiger partial charge in [-0.2, -0.15) is 0 Å². The molecular weight excluding hydrogens is 266 g/mol. The number of benzene rings is 1. The van der Waals surface area contributed by atoms with Crippen molar-refractivity contribution < 1.29 is 5.11 Å². The van der Waals surface area contributed by atoms with Gasteiger partial charge in [0.2, 0.25) is 0 Å². The van der Waals surface area contributed by atoms with Crippen LogP contribution >= 0.6 is 15.9 Å². The highest BCUT2D eigenvalue weighted by atomic mass is 79.9. The van der Waals surface area contributed by atoms with Crippen LogP contribution in [0.25, 0.3) is 0 Å². The molecule has 16 heavy (non-hydrogen) atoms. The lowest BCUT2D eigenvalue weighted by Gasteiger charge is -2.15. The highest BCUT2D eigenvalue weighted by Gasteiger charge is 2.19. The predicted molar refractivity (Wildman–Crippen MR) is 70.0 cm³/mol. The minimum absolute atomic E-state index is 0.479. The van der Waals surface area contributed by atoms with E-state index >= 15 is 0 Å². The zero-order valence-electron chi connectivity index (χ0n) is 9.81. The summed E-state index contributed by atoms with van der Waals surface area (Å²) in [5, 5.41) is 13.5. The van der Waals surface area contributed by atoms with E-state index in [4.69, 9.17) is 0 Å². The van der Waals surface area contributed by atoms with Crippen molar-refractivity contribution in [1.29, 1.82) is 0 Å². The lowest BCUT2D eigenvalue weighted by Crippen LogP contribution is -2.11. The second-order valence-electron chi connectivity index (χ2n) is 4.69. The molecule has 0 bridgehead atoms. The standard InChI is InChI=1S/C13H18BrNO/c1-8-5-12(14)9(2)11(13(8)16)6-10-3-4-15-7-10/h5,10,15-16H,3-4,6-7H2,1-2H3. The van der Waals surface area contributed by atoms with Gasteiger partial charge in [-0.1, -0.05) is 15.9 Å². The molecule has 2 nitrogen and oxygen atoms in total. The van der Waals surface area contributed by atoms with Gasteiger partial charge >= 0.3 is 0 Å². The summed E-state index contributed by atoms with van der Waals surface area (Å²) in [6.07, 6.45) is 2.19. The summed E-state index contributed by atoms with van der Waals surface area (Å²) in [6, 6.07) is 1.99. The molecule has 0 saturated carbocycles. The van der Waals surface area contributed by atoms with Gasteiger partial charge in [0.1, 0.15) is 5.75 Å². The van der Waals surface area contributed by atoms with E-state index < -0.39 is 0 Å². The molecule has 0 radical (unpaired) electrons. The van der Waals surface area contributed by atoms with Crippen LogP contribution in [0.1, 0.15) is 23.1 Å². The number of hydrogen-bond donors (Lipinski definition) is 2. The fourth-order valence-electron chi connectivity index (χ4n) is 2.35. The monoisotopic (exact) mass is 283 g/mol. The number of rotatable bonds is 2. The third-order valence-corrected chi connectivity index (χ3v) is 4.29. The van der Waals surface area contributed by atoms with Gasteiger partial charge in [0.15, 0.2) is 0 Å². The van der Waals surface area contributed by atoms with Gasteiger partial charge < -0.3 is 10.4 Å². The Bertz CT molecular complexity index is 371. The fourth-order valence-corrected chi connectivity index (χ4v) is 2.94. The number of phenolic OH excluding ortho intramolecular Hbond substituents is 1. The Balaban J connectivity index is 2.31. The molecule has 1 heterocycles. The molecule has 1 unspecified atom stereocenters. The van der Waals surface area contributed by atoms with Crippen molar-refractivity contribution in [1.82, 2.24) is 5.32 Å². The number of aromatic hydroxyl groups is 1. The van der Waals surface area contributed by atoms with Crippen LogP contribution in [-0.2, 0) is 6.42 Å². The second-order valence-corrected chi connectivity index (χ2v) is 5.54. The number of phenols is 1. The smallest absolute Gasteiger partial charge is 0.122 e. The molecule has 1 aromatic rings. The Hall–Kier alpha value is -0.540. The predicted octanol–water partition coefficient (Wildman–Crippen LogP) is 2.92. The maximum absolute atomic E-state index is 10.1. The van der Waals surface area contributed by atoms with E-state index in [1.807, 2.05) is 13.0 Å². The Morgan fingerprint density at radius 3 is 2.88 bits per heavy atom. The van der Waals surface area contributed by atoms with E-state index in [-0.39, 0.29) is 0 Å². The van der Waals surface area contributed by atoms with Gasteiger partial charge in [-0.3, -0.25) is 0 Å². The molecule has 1 fully saturated rings. The van der Waals surface area contributed by atoms with Gasteiger partial charge in [0, 0.05) is 4.47 Å². The first-order chi connectivity index (χ1) is 7.59. The molecule has 0 amide bonds. The van der Waals surface area contributed by atoms with E-state index in [1.54, 1.807) is 0 Å². The lowest BCUT2D eigenvalue weighted by molar-refractivity contribution is 0.454. The summed E-state index contributed by atoms with van der Waals surface area (Å²) in [5.74, 6) is 1.14. The van der Waals surface area contributed by atoms with Crippen molar-refractivity contribution in [3.63, 3.8) is 0 Å². The molecular formula is C13H18BrNO. The Kier molecular flexibility index (Phi) is 3.55. The Morgan fingerprint density at radius 2 is 2.25 bits per heavy atom. The van der Waals surface area contributed by atoms with Crippen LogP contribution in [0.5, 0.6) is 5.75 Å². The molecule has 2 N–H and O–H groups in total. The molecule has 2 rings (SSSR count). The van der Waals surface area contributed by atoms with Crippen LogP contribution in [0.3, 0.4) is 0 Å². The van der Waals surface area contributed by atoms with Gasteiger partial charge in [0.25, 0.3) is 0 Å². The number of hydrogen-bond acceptors (Lipinski definition) is 2. The van der Waals surface area contributed by atoms with Crippen molar-refractivity contribution in [3.8, 4) is 5.75 Å². The second kappa shape index (κ2) is 4.76. The van der Waals surface area contributed by atoms with E-state index in [9.17, 15) is 5.11 Å². The van der Waals surface area contributed by atoms with Crippen LogP contribution in [0, 0.1) is 19.8 Å². The normalized spacial score (nSPS) is 20.3. The molecule has 1 aromatic carbocycles. The summed E-state index contributed by atoms with van der Waals surface area (Å²) < 4.78 is 1.10. The Labute approximate surface area is 105 Å². The quantitative estimate of drug-likeness (QED) is 0.875. The summed E-state index contributed by atoms with van der Waals surface area (Å²) in [6.45, 7) is 6.21. The average Bonchev–Trinajstić information content (AvgIpc) is 2.74. The van der Waals surface area contributed by atoms with Gasteiger partial charge in [-0.25, -0.2) is 0 Å². The molecule has 0 aliphatic carbocycles. The lowest BCUT2D eigenvalue weighted by atomic mass is 9.93. The van der Waals surface area contributed by atoms with Crippen LogP contribution in [0.15, 0.2) is 10.5 Å². The van der Waals surface area contributed by atoms with Crippen molar-refractivity contribution in [3.05, 3.63) is 27.2 Å². The Morgan fingerprint density at radius 1 is 1.50 bits per heavy atom. The van der Waals surface area contributed by atoms with E-state index in [1.165, 1.54) is 12.0 Å². The highest BCUT2D eigenvalue weighted by molar-refractivity contribution is 9.10. The summed E-state index contributed by atoms with van der Waals surface area (Å²) in [7, 11) is 0. The van der Waals surface area contributed by atoms with Crippen molar-refractivity contribution >= 4 is 15.9 Å². The van der Waals surface area contributed by atoms with Gasteiger partial charge in [0.05, 0.1) is 0 Å². The molecule has 1 aliphatic heterocycles. The molecule has 1 aliphatic rings.